The van der Waals surface area contributed by atoms with Crippen LogP contribution in [0.2, 0.25) is 0 Å². The maximum Gasteiger partial charge on any atom is 0.194 e. The number of hydrogen-bond acceptors (Lipinski definition) is 5. The SMILES string of the molecule is CCc1nncn1CCNC(=NCCCSC)N(C)Cc1ccccc1OC.I. The van der Waals surface area contributed by atoms with Crippen LogP contribution in [0.15, 0.2) is 35.6 Å². The van der Waals surface area contributed by atoms with Crippen molar-refractivity contribution < 1.29 is 4.74 Å². The summed E-state index contributed by atoms with van der Waals surface area (Å²) in [5.74, 6) is 3.92. The Kier molecular flexibility index (Phi) is 12.8. The zero-order chi connectivity index (χ0) is 20.2. The Hall–Kier alpha value is -1.49. The number of hydrogen-bond donors (Lipinski definition) is 1. The number of aromatic nitrogens is 3. The van der Waals surface area contributed by atoms with E-state index in [-0.39, 0.29) is 24.0 Å². The van der Waals surface area contributed by atoms with E-state index in [1.54, 1.807) is 13.4 Å². The topological polar surface area (TPSA) is 67.6 Å². The van der Waals surface area contributed by atoms with Gasteiger partial charge in [0.15, 0.2) is 5.96 Å². The molecule has 0 bridgehead atoms. The van der Waals surface area contributed by atoms with Crippen molar-refractivity contribution in [3.05, 3.63) is 42.0 Å². The minimum Gasteiger partial charge on any atom is -0.496 e. The third kappa shape index (κ3) is 8.41. The lowest BCUT2D eigenvalue weighted by molar-refractivity contribution is 0.395. The van der Waals surface area contributed by atoms with Crippen LogP contribution in [0.4, 0.5) is 0 Å². The Morgan fingerprint density at radius 3 is 2.86 bits per heavy atom. The van der Waals surface area contributed by atoms with Gasteiger partial charge in [0.1, 0.15) is 17.9 Å². The van der Waals surface area contributed by atoms with E-state index >= 15 is 0 Å². The van der Waals surface area contributed by atoms with Crippen molar-refractivity contribution in [2.24, 2.45) is 4.99 Å². The van der Waals surface area contributed by atoms with Crippen molar-refractivity contribution >= 4 is 41.7 Å². The molecular weight excluding hydrogens is 499 g/mol. The molecule has 0 saturated heterocycles. The van der Waals surface area contributed by atoms with Gasteiger partial charge in [-0.3, -0.25) is 4.99 Å². The minimum atomic E-state index is 0. The highest BCUT2D eigenvalue weighted by Crippen LogP contribution is 2.18. The van der Waals surface area contributed by atoms with Crippen LogP contribution in [-0.2, 0) is 19.5 Å². The summed E-state index contributed by atoms with van der Waals surface area (Å²) in [6, 6.07) is 8.10. The fourth-order valence-electron chi connectivity index (χ4n) is 2.90. The summed E-state index contributed by atoms with van der Waals surface area (Å²) in [5, 5.41) is 11.6. The van der Waals surface area contributed by atoms with E-state index in [4.69, 9.17) is 9.73 Å². The fraction of sp³-hybridized carbons (Fsp3) is 0.550. The first-order chi connectivity index (χ1) is 13.7. The largest absolute Gasteiger partial charge is 0.496 e. The Labute approximate surface area is 195 Å². The smallest absolute Gasteiger partial charge is 0.194 e. The Morgan fingerprint density at radius 2 is 2.14 bits per heavy atom. The van der Waals surface area contributed by atoms with Crippen molar-refractivity contribution in [2.75, 3.05) is 39.3 Å². The van der Waals surface area contributed by atoms with Gasteiger partial charge in [-0.2, -0.15) is 11.8 Å². The average Bonchev–Trinajstić information content (AvgIpc) is 3.17. The van der Waals surface area contributed by atoms with Crippen molar-refractivity contribution in [3.8, 4) is 5.75 Å². The summed E-state index contributed by atoms with van der Waals surface area (Å²) < 4.78 is 7.57. The molecule has 0 atom stereocenters. The molecule has 0 amide bonds. The minimum absolute atomic E-state index is 0. The number of ether oxygens (including phenoxy) is 1. The number of halogens is 1. The molecule has 1 aromatic carbocycles. The number of thioether (sulfide) groups is 1. The molecule has 0 unspecified atom stereocenters. The summed E-state index contributed by atoms with van der Waals surface area (Å²) in [6.45, 7) is 5.20. The molecule has 0 fully saturated rings. The van der Waals surface area contributed by atoms with Crippen LogP contribution < -0.4 is 10.1 Å². The van der Waals surface area contributed by atoms with E-state index in [1.165, 1.54) is 0 Å². The van der Waals surface area contributed by atoms with Crippen LogP contribution in [-0.4, -0.2) is 64.9 Å². The second kappa shape index (κ2) is 14.5. The molecule has 29 heavy (non-hydrogen) atoms. The zero-order valence-electron chi connectivity index (χ0n) is 17.8. The molecule has 0 saturated carbocycles. The number of methoxy groups -OCH3 is 1. The van der Waals surface area contributed by atoms with Crippen LogP contribution in [0.3, 0.4) is 0 Å². The van der Waals surface area contributed by atoms with Crippen molar-refractivity contribution in [2.45, 2.75) is 32.9 Å². The fourth-order valence-corrected chi connectivity index (χ4v) is 3.31. The number of aryl methyl sites for hydroxylation is 1. The predicted molar refractivity (Wildman–Crippen MR) is 133 cm³/mol. The van der Waals surface area contributed by atoms with Crippen LogP contribution in [0.25, 0.3) is 0 Å². The molecule has 1 heterocycles. The first-order valence-electron chi connectivity index (χ1n) is 9.66. The lowest BCUT2D eigenvalue weighted by Crippen LogP contribution is -2.40. The van der Waals surface area contributed by atoms with Crippen molar-refractivity contribution in [1.82, 2.24) is 25.0 Å². The highest BCUT2D eigenvalue weighted by atomic mass is 127. The molecule has 0 radical (unpaired) electrons. The van der Waals surface area contributed by atoms with Crippen LogP contribution in [0.1, 0.15) is 24.7 Å². The third-order valence-electron chi connectivity index (χ3n) is 4.38. The number of nitrogens with zero attached hydrogens (tertiary/aromatic N) is 5. The molecule has 0 aliphatic carbocycles. The molecule has 2 aromatic rings. The highest BCUT2D eigenvalue weighted by Gasteiger charge is 2.10. The van der Waals surface area contributed by atoms with E-state index < -0.39 is 0 Å². The summed E-state index contributed by atoms with van der Waals surface area (Å²) in [7, 11) is 3.77. The zero-order valence-corrected chi connectivity index (χ0v) is 20.9. The normalized spacial score (nSPS) is 11.1. The number of nitrogens with one attached hydrogen (secondary N) is 1. The number of guanidine groups is 1. The Bertz CT molecular complexity index is 739. The molecular formula is C20H33IN6OS. The summed E-state index contributed by atoms with van der Waals surface area (Å²) in [4.78, 5) is 6.95. The van der Waals surface area contributed by atoms with Gasteiger partial charge in [0.2, 0.25) is 0 Å². The third-order valence-corrected chi connectivity index (χ3v) is 5.07. The standard InChI is InChI=1S/C20H32N6OS.HI/c1-5-19-24-23-16-26(19)13-12-22-20(21-11-8-14-28-4)25(2)15-17-9-6-7-10-18(17)27-3;/h6-7,9-10,16H,5,8,11-15H2,1-4H3,(H,21,22);1H. The van der Waals surface area contributed by atoms with E-state index in [0.717, 1.165) is 67.9 Å². The number of para-hydroxylation sites is 1. The van der Waals surface area contributed by atoms with Gasteiger partial charge in [0, 0.05) is 45.2 Å². The van der Waals surface area contributed by atoms with Gasteiger partial charge in [-0.05, 0) is 24.5 Å². The highest BCUT2D eigenvalue weighted by molar-refractivity contribution is 14.0. The lowest BCUT2D eigenvalue weighted by atomic mass is 10.2. The predicted octanol–water partition coefficient (Wildman–Crippen LogP) is 3.30. The van der Waals surface area contributed by atoms with Gasteiger partial charge in [-0.15, -0.1) is 34.2 Å². The number of rotatable bonds is 11. The van der Waals surface area contributed by atoms with Gasteiger partial charge in [-0.25, -0.2) is 0 Å². The van der Waals surface area contributed by atoms with Gasteiger partial charge in [-0.1, -0.05) is 25.1 Å². The van der Waals surface area contributed by atoms with Gasteiger partial charge in [0.05, 0.1) is 7.11 Å². The molecule has 162 valence electrons. The molecule has 1 N–H and O–H groups in total. The second-order valence-corrected chi connectivity index (χ2v) is 7.43. The summed E-state index contributed by atoms with van der Waals surface area (Å²) in [6.07, 6.45) is 5.86. The first-order valence-corrected chi connectivity index (χ1v) is 11.1. The van der Waals surface area contributed by atoms with Gasteiger partial charge >= 0.3 is 0 Å². The maximum atomic E-state index is 5.49. The number of benzene rings is 1. The molecule has 0 aliphatic rings. The van der Waals surface area contributed by atoms with E-state index in [2.05, 4.69) is 51.3 Å². The van der Waals surface area contributed by atoms with Crippen LogP contribution in [0, 0.1) is 0 Å². The quantitative estimate of drug-likeness (QED) is 0.207. The van der Waals surface area contributed by atoms with Crippen molar-refractivity contribution in [3.63, 3.8) is 0 Å². The molecule has 2 rings (SSSR count). The van der Waals surface area contributed by atoms with E-state index in [0.29, 0.717) is 0 Å². The summed E-state index contributed by atoms with van der Waals surface area (Å²) >= 11 is 1.85. The Morgan fingerprint density at radius 1 is 1.34 bits per heavy atom. The average molecular weight is 532 g/mol. The second-order valence-electron chi connectivity index (χ2n) is 6.44. The lowest BCUT2D eigenvalue weighted by Gasteiger charge is -2.23. The molecule has 9 heteroatoms. The van der Waals surface area contributed by atoms with Crippen LogP contribution >= 0.6 is 35.7 Å². The monoisotopic (exact) mass is 532 g/mol. The van der Waals surface area contributed by atoms with Gasteiger partial charge < -0.3 is 19.5 Å². The van der Waals surface area contributed by atoms with Crippen LogP contribution in [0.5, 0.6) is 5.75 Å². The number of aliphatic imine (C=N–C) groups is 1. The first kappa shape index (κ1) is 25.5. The molecule has 7 nitrogen and oxygen atoms in total. The van der Waals surface area contributed by atoms with E-state index in [1.807, 2.05) is 30.0 Å². The molecule has 0 spiro atoms. The summed E-state index contributed by atoms with van der Waals surface area (Å²) in [5.41, 5.74) is 1.14. The Balaban J connectivity index is 0.00000420. The van der Waals surface area contributed by atoms with E-state index in [9.17, 15) is 0 Å². The van der Waals surface area contributed by atoms with Crippen molar-refractivity contribution in [1.29, 1.82) is 0 Å². The molecule has 1 aromatic heterocycles. The maximum absolute atomic E-state index is 5.49. The molecule has 0 aliphatic heterocycles. The van der Waals surface area contributed by atoms with Gasteiger partial charge in [0.25, 0.3) is 0 Å².